The van der Waals surface area contributed by atoms with Crippen molar-refractivity contribution in [3.63, 3.8) is 0 Å². The van der Waals surface area contributed by atoms with Gasteiger partial charge in [-0.05, 0) is 46.9 Å². The summed E-state index contributed by atoms with van der Waals surface area (Å²) < 4.78 is 76.1. The second-order valence-electron chi connectivity index (χ2n) is 9.21. The summed E-state index contributed by atoms with van der Waals surface area (Å²) in [7, 11) is 0. The number of thioether (sulfide) groups is 1. The number of carbonyl (C=O) groups excluding carboxylic acids is 2. The standard InChI is InChI=1S/C27H23F6N5O2S3/c28-26(29,30)18-5-1-16(2-6-18)13-20(39)15-24-37-35-22(42-24)9-11-41-12-10-23-36-38-25(43-23)34-21(40)14-17-3-7-19(8-4-17)27(31,32)33/h1-8H,9-15H2,(H,34,38,40). The van der Waals surface area contributed by atoms with Crippen molar-refractivity contribution in [3.8, 4) is 0 Å². The van der Waals surface area contributed by atoms with Gasteiger partial charge in [0, 0.05) is 19.3 Å². The van der Waals surface area contributed by atoms with Gasteiger partial charge in [0.2, 0.25) is 11.0 Å². The highest BCUT2D eigenvalue weighted by atomic mass is 32.2. The van der Waals surface area contributed by atoms with Crippen molar-refractivity contribution < 1.29 is 35.9 Å². The van der Waals surface area contributed by atoms with Gasteiger partial charge >= 0.3 is 12.4 Å². The molecule has 2 heterocycles. The summed E-state index contributed by atoms with van der Waals surface area (Å²) in [6, 6.07) is 8.92. The number of nitrogens with one attached hydrogen (secondary N) is 1. The molecule has 0 saturated carbocycles. The number of ketones is 1. The van der Waals surface area contributed by atoms with E-state index >= 15 is 0 Å². The molecule has 4 rings (SSSR count). The average Bonchev–Trinajstić information content (AvgIpc) is 3.57. The molecule has 0 fully saturated rings. The van der Waals surface area contributed by atoms with E-state index in [0.29, 0.717) is 34.1 Å². The van der Waals surface area contributed by atoms with E-state index in [-0.39, 0.29) is 25.0 Å². The fourth-order valence-corrected chi connectivity index (χ4v) is 6.48. The number of aryl methyl sites for hydroxylation is 2. The normalized spacial score (nSPS) is 12.0. The number of hydrogen-bond donors (Lipinski definition) is 1. The Kier molecular flexibility index (Phi) is 10.9. The largest absolute Gasteiger partial charge is 0.416 e. The summed E-state index contributed by atoms with van der Waals surface area (Å²) in [4.78, 5) is 24.6. The lowest BCUT2D eigenvalue weighted by Crippen LogP contribution is -2.14. The number of aromatic nitrogens is 4. The van der Waals surface area contributed by atoms with E-state index < -0.39 is 29.4 Å². The van der Waals surface area contributed by atoms with Crippen molar-refractivity contribution in [1.82, 2.24) is 20.4 Å². The van der Waals surface area contributed by atoms with Gasteiger partial charge in [0.25, 0.3) is 0 Å². The first-order chi connectivity index (χ1) is 20.3. The highest BCUT2D eigenvalue weighted by molar-refractivity contribution is 7.99. The van der Waals surface area contributed by atoms with Crippen LogP contribution < -0.4 is 5.32 Å². The lowest BCUT2D eigenvalue weighted by atomic mass is 10.1. The maximum atomic E-state index is 12.7. The Morgan fingerprint density at radius 1 is 0.651 bits per heavy atom. The highest BCUT2D eigenvalue weighted by Gasteiger charge is 2.30. The number of benzene rings is 2. The van der Waals surface area contributed by atoms with Crippen LogP contribution in [0.25, 0.3) is 0 Å². The first-order valence-electron chi connectivity index (χ1n) is 12.7. The molecule has 0 unspecified atom stereocenters. The van der Waals surface area contributed by atoms with Gasteiger partial charge in [-0.1, -0.05) is 35.6 Å². The fraction of sp³-hybridized carbons (Fsp3) is 0.333. The van der Waals surface area contributed by atoms with Crippen molar-refractivity contribution in [2.75, 3.05) is 16.8 Å². The number of nitrogens with zero attached hydrogens (tertiary/aromatic N) is 4. The molecule has 2 aromatic heterocycles. The first-order valence-corrected chi connectivity index (χ1v) is 15.5. The third-order valence-corrected chi connectivity index (χ3v) is 8.69. The number of halogens is 6. The predicted molar refractivity (Wildman–Crippen MR) is 152 cm³/mol. The maximum Gasteiger partial charge on any atom is 0.416 e. The zero-order valence-corrected chi connectivity index (χ0v) is 24.6. The van der Waals surface area contributed by atoms with Crippen LogP contribution >= 0.6 is 34.4 Å². The quantitative estimate of drug-likeness (QED) is 0.130. The molecule has 0 radical (unpaired) electrons. The third-order valence-electron chi connectivity index (χ3n) is 5.82. The molecule has 0 aliphatic rings. The van der Waals surface area contributed by atoms with E-state index in [1.165, 1.54) is 46.9 Å². The molecule has 16 heteroatoms. The molecule has 7 nitrogen and oxygen atoms in total. The second-order valence-corrected chi connectivity index (χ2v) is 12.6. The molecule has 228 valence electrons. The van der Waals surface area contributed by atoms with Gasteiger partial charge in [-0.3, -0.25) is 9.59 Å². The number of rotatable bonds is 13. The van der Waals surface area contributed by atoms with Crippen LogP contribution in [0, 0.1) is 0 Å². The zero-order chi connectivity index (χ0) is 31.0. The molecule has 0 atom stereocenters. The molecule has 1 amide bonds. The van der Waals surface area contributed by atoms with Crippen molar-refractivity contribution in [2.24, 2.45) is 0 Å². The van der Waals surface area contributed by atoms with Crippen LogP contribution in [0.2, 0.25) is 0 Å². The Labute approximate surface area is 254 Å². The van der Waals surface area contributed by atoms with E-state index in [9.17, 15) is 35.9 Å². The van der Waals surface area contributed by atoms with Crippen LogP contribution in [0.15, 0.2) is 48.5 Å². The van der Waals surface area contributed by atoms with Crippen LogP contribution in [-0.4, -0.2) is 43.6 Å². The summed E-state index contributed by atoms with van der Waals surface area (Å²) in [6.45, 7) is 0. The molecule has 0 aliphatic heterocycles. The van der Waals surface area contributed by atoms with Gasteiger partial charge in [-0.2, -0.15) is 38.1 Å². The molecule has 0 bridgehead atoms. The lowest BCUT2D eigenvalue weighted by Gasteiger charge is -2.07. The van der Waals surface area contributed by atoms with Gasteiger partial charge in [-0.25, -0.2) is 0 Å². The van der Waals surface area contributed by atoms with Gasteiger partial charge in [0.05, 0.1) is 24.0 Å². The number of carbonyl (C=O) groups is 2. The van der Waals surface area contributed by atoms with Crippen LogP contribution in [0.3, 0.4) is 0 Å². The van der Waals surface area contributed by atoms with E-state index in [0.717, 1.165) is 45.8 Å². The van der Waals surface area contributed by atoms with Gasteiger partial charge < -0.3 is 5.32 Å². The Balaban J connectivity index is 1.12. The van der Waals surface area contributed by atoms with E-state index in [1.807, 2.05) is 0 Å². The Bertz CT molecular complexity index is 1410. The van der Waals surface area contributed by atoms with Crippen molar-refractivity contribution in [2.45, 2.75) is 44.5 Å². The minimum Gasteiger partial charge on any atom is -0.300 e. The number of hydrogen-bond acceptors (Lipinski definition) is 9. The molecular formula is C27H23F6N5O2S3. The highest BCUT2D eigenvalue weighted by Crippen LogP contribution is 2.30. The van der Waals surface area contributed by atoms with E-state index in [4.69, 9.17) is 0 Å². The summed E-state index contributed by atoms with van der Waals surface area (Å²) in [5.41, 5.74) is -0.592. The average molecular weight is 660 g/mol. The number of anilines is 1. The SMILES string of the molecule is O=C(Cc1ccc(C(F)(F)F)cc1)Cc1nnc(CCSCCc2nnc(NC(=O)Cc3ccc(C(F)(F)F)cc3)s2)s1. The number of alkyl halides is 6. The summed E-state index contributed by atoms with van der Waals surface area (Å²) in [5.74, 6) is 0.924. The zero-order valence-electron chi connectivity index (χ0n) is 22.2. The van der Waals surface area contributed by atoms with Crippen LogP contribution in [0.4, 0.5) is 31.5 Å². The van der Waals surface area contributed by atoms with Gasteiger partial charge in [0.1, 0.15) is 20.8 Å². The second kappa shape index (κ2) is 14.4. The molecule has 0 aliphatic carbocycles. The smallest absolute Gasteiger partial charge is 0.300 e. The van der Waals surface area contributed by atoms with Crippen LogP contribution in [0.1, 0.15) is 37.3 Å². The Morgan fingerprint density at radius 3 is 1.70 bits per heavy atom. The fourth-order valence-electron chi connectivity index (χ4n) is 3.72. The predicted octanol–water partition coefficient (Wildman–Crippen LogP) is 6.48. The number of amides is 1. The minimum atomic E-state index is -4.43. The molecule has 0 saturated heterocycles. The van der Waals surface area contributed by atoms with Gasteiger partial charge in [0.15, 0.2) is 0 Å². The lowest BCUT2D eigenvalue weighted by molar-refractivity contribution is -0.138. The Hall–Kier alpha value is -3.37. The molecule has 4 aromatic rings. The summed E-state index contributed by atoms with van der Waals surface area (Å²) >= 11 is 4.21. The van der Waals surface area contributed by atoms with E-state index in [1.54, 1.807) is 11.8 Å². The van der Waals surface area contributed by atoms with Crippen molar-refractivity contribution in [3.05, 3.63) is 85.8 Å². The monoisotopic (exact) mass is 659 g/mol. The summed E-state index contributed by atoms with van der Waals surface area (Å²) in [6.07, 6.45) is -7.60. The Morgan fingerprint density at radius 2 is 1.14 bits per heavy atom. The van der Waals surface area contributed by atoms with Crippen molar-refractivity contribution >= 4 is 51.3 Å². The molecule has 1 N–H and O–H groups in total. The number of Topliss-reactive ketones (excluding diaryl/α,β-unsaturated/α-hetero) is 1. The molecule has 2 aromatic carbocycles. The maximum absolute atomic E-state index is 12.7. The third kappa shape index (κ3) is 10.4. The molecular weight excluding hydrogens is 637 g/mol. The molecule has 43 heavy (non-hydrogen) atoms. The topological polar surface area (TPSA) is 97.7 Å². The molecule has 0 spiro atoms. The van der Waals surface area contributed by atoms with Crippen LogP contribution in [-0.2, 0) is 54.0 Å². The first kappa shape index (κ1) is 32.5. The summed E-state index contributed by atoms with van der Waals surface area (Å²) in [5, 5.41) is 21.2. The van der Waals surface area contributed by atoms with Gasteiger partial charge in [-0.15, -0.1) is 31.7 Å². The van der Waals surface area contributed by atoms with Crippen molar-refractivity contribution in [1.29, 1.82) is 0 Å². The van der Waals surface area contributed by atoms with E-state index in [2.05, 4.69) is 25.7 Å². The van der Waals surface area contributed by atoms with Crippen LogP contribution in [0.5, 0.6) is 0 Å². The minimum absolute atomic E-state index is 0.0130.